The van der Waals surface area contributed by atoms with E-state index in [9.17, 15) is 0 Å². The Hall–Kier alpha value is -2.07. The Morgan fingerprint density at radius 2 is 1.44 bits per heavy atom. The van der Waals surface area contributed by atoms with Gasteiger partial charge >= 0.3 is 0 Å². The van der Waals surface area contributed by atoms with Crippen LogP contribution in [-0.4, -0.2) is 10.7 Å². The van der Waals surface area contributed by atoms with Crippen LogP contribution in [0.5, 0.6) is 11.5 Å². The van der Waals surface area contributed by atoms with E-state index in [1.54, 1.807) is 0 Å². The molecule has 0 amide bonds. The third kappa shape index (κ3) is 6.24. The van der Waals surface area contributed by atoms with Crippen molar-refractivity contribution in [2.24, 2.45) is 0 Å². The summed E-state index contributed by atoms with van der Waals surface area (Å²) in [6.45, 7) is 15.0. The number of anilines is 1. The van der Waals surface area contributed by atoms with Crippen molar-refractivity contribution in [3.8, 4) is 11.5 Å². The van der Waals surface area contributed by atoms with E-state index in [1.807, 2.05) is 30.3 Å². The molecule has 3 nitrogen and oxygen atoms in total. The molecule has 0 fully saturated rings. The monoisotopic (exact) mass is 384 g/mol. The summed E-state index contributed by atoms with van der Waals surface area (Å²) in [5, 5.41) is 7.28. The number of ether oxygens (including phenoxy) is 1. The largest absolute Gasteiger partial charge is 0.457 e. The molecule has 0 aliphatic carbocycles. The molecule has 4 heteroatoms. The molecule has 0 aliphatic heterocycles. The zero-order chi connectivity index (χ0) is 20.2. The number of para-hydroxylation sites is 1. The quantitative estimate of drug-likeness (QED) is 0.555. The smallest absolute Gasteiger partial charge is 0.171 e. The van der Waals surface area contributed by atoms with Crippen molar-refractivity contribution in [1.29, 1.82) is 0 Å². The third-order valence-corrected chi connectivity index (χ3v) is 4.30. The first-order chi connectivity index (χ1) is 12.6. The summed E-state index contributed by atoms with van der Waals surface area (Å²) < 4.78 is 6.33. The molecule has 0 radical (unpaired) electrons. The van der Waals surface area contributed by atoms with Gasteiger partial charge in [0, 0.05) is 11.2 Å². The Bertz CT molecular complexity index is 748. The molecule has 0 atom stereocenters. The first-order valence-electron chi connectivity index (χ1n) is 9.56. The van der Waals surface area contributed by atoms with Gasteiger partial charge in [-0.3, -0.25) is 0 Å². The van der Waals surface area contributed by atoms with Crippen LogP contribution < -0.4 is 15.4 Å². The highest BCUT2D eigenvalue weighted by atomic mass is 32.1. The molecule has 0 aliphatic rings. The van der Waals surface area contributed by atoms with Crippen molar-refractivity contribution in [2.75, 3.05) is 5.32 Å². The van der Waals surface area contributed by atoms with Crippen molar-refractivity contribution < 1.29 is 4.74 Å². The van der Waals surface area contributed by atoms with E-state index >= 15 is 0 Å². The first-order valence-corrected chi connectivity index (χ1v) is 9.97. The Kier molecular flexibility index (Phi) is 6.88. The minimum absolute atomic E-state index is 0.0812. The topological polar surface area (TPSA) is 33.3 Å². The van der Waals surface area contributed by atoms with Crippen LogP contribution in [0.1, 0.15) is 71.4 Å². The van der Waals surface area contributed by atoms with Gasteiger partial charge in [0.05, 0.1) is 0 Å². The molecule has 0 saturated heterocycles. The van der Waals surface area contributed by atoms with Gasteiger partial charge < -0.3 is 15.4 Å². The minimum atomic E-state index is -0.0812. The SMILES string of the molecule is CC(C)c1cc(NC(=S)NC(C)(C)C)cc(C(C)C)c1Oc1ccccc1. The van der Waals surface area contributed by atoms with E-state index in [0.717, 1.165) is 17.2 Å². The fraction of sp³-hybridized carbons (Fsp3) is 0.435. The molecular weight excluding hydrogens is 352 g/mol. The van der Waals surface area contributed by atoms with Gasteiger partial charge in [0.25, 0.3) is 0 Å². The van der Waals surface area contributed by atoms with E-state index in [-0.39, 0.29) is 5.54 Å². The van der Waals surface area contributed by atoms with Crippen LogP contribution in [0.3, 0.4) is 0 Å². The molecule has 2 rings (SSSR count). The third-order valence-electron chi connectivity index (χ3n) is 4.10. The van der Waals surface area contributed by atoms with Crippen LogP contribution in [0, 0.1) is 0 Å². The van der Waals surface area contributed by atoms with Gasteiger partial charge in [0.1, 0.15) is 11.5 Å². The maximum Gasteiger partial charge on any atom is 0.171 e. The normalized spacial score (nSPS) is 11.6. The van der Waals surface area contributed by atoms with Crippen molar-refractivity contribution >= 4 is 23.0 Å². The molecule has 0 aromatic heterocycles. The number of hydrogen-bond donors (Lipinski definition) is 2. The lowest BCUT2D eigenvalue weighted by atomic mass is 9.93. The summed E-state index contributed by atoms with van der Waals surface area (Å²) in [5.41, 5.74) is 3.25. The average Bonchev–Trinajstić information content (AvgIpc) is 2.54. The second kappa shape index (κ2) is 8.75. The predicted octanol–water partition coefficient (Wildman–Crippen LogP) is 6.81. The standard InChI is InChI=1S/C23H32N2OS/c1-15(2)19-13-17(24-22(27)25-23(5,6)7)14-20(16(3)4)21(19)26-18-11-9-8-10-12-18/h8-16H,1-7H3,(H2,24,25,27). The second-order valence-corrected chi connectivity index (χ2v) is 8.95. The number of rotatable bonds is 5. The molecule has 0 heterocycles. The van der Waals surface area contributed by atoms with Crippen LogP contribution in [0.4, 0.5) is 5.69 Å². The number of benzene rings is 2. The highest BCUT2D eigenvalue weighted by Crippen LogP contribution is 2.39. The molecule has 2 aromatic carbocycles. The van der Waals surface area contributed by atoms with Crippen molar-refractivity contribution in [3.05, 3.63) is 53.6 Å². The molecule has 2 aromatic rings. The Labute approximate surface area is 169 Å². The maximum absolute atomic E-state index is 6.33. The van der Waals surface area contributed by atoms with Crippen molar-refractivity contribution in [3.63, 3.8) is 0 Å². The van der Waals surface area contributed by atoms with Crippen molar-refractivity contribution in [1.82, 2.24) is 5.32 Å². The van der Waals surface area contributed by atoms with Gasteiger partial charge in [0.2, 0.25) is 0 Å². The predicted molar refractivity (Wildman–Crippen MR) is 120 cm³/mol. The summed E-state index contributed by atoms with van der Waals surface area (Å²) in [6.07, 6.45) is 0. The Morgan fingerprint density at radius 3 is 1.89 bits per heavy atom. The van der Waals surface area contributed by atoms with Crippen LogP contribution in [0.15, 0.2) is 42.5 Å². The lowest BCUT2D eigenvalue weighted by Gasteiger charge is -2.25. The summed E-state index contributed by atoms with van der Waals surface area (Å²) in [4.78, 5) is 0. The fourth-order valence-corrected chi connectivity index (χ4v) is 3.26. The lowest BCUT2D eigenvalue weighted by Crippen LogP contribution is -2.42. The minimum Gasteiger partial charge on any atom is -0.457 e. The molecule has 0 saturated carbocycles. The second-order valence-electron chi connectivity index (χ2n) is 8.54. The van der Waals surface area contributed by atoms with E-state index in [4.69, 9.17) is 17.0 Å². The number of thiocarbonyl (C=S) groups is 1. The summed E-state index contributed by atoms with van der Waals surface area (Å²) in [7, 11) is 0. The van der Waals surface area contributed by atoms with E-state index in [2.05, 4.69) is 71.2 Å². The Balaban J connectivity index is 2.43. The lowest BCUT2D eigenvalue weighted by molar-refractivity contribution is 0.463. The molecule has 0 spiro atoms. The molecule has 27 heavy (non-hydrogen) atoms. The molecule has 0 unspecified atom stereocenters. The van der Waals surface area contributed by atoms with Crippen LogP contribution in [0.2, 0.25) is 0 Å². The van der Waals surface area contributed by atoms with Crippen molar-refractivity contribution in [2.45, 2.75) is 65.8 Å². The average molecular weight is 385 g/mol. The molecule has 2 N–H and O–H groups in total. The zero-order valence-electron chi connectivity index (χ0n) is 17.5. The van der Waals surface area contributed by atoms with Crippen LogP contribution >= 0.6 is 12.2 Å². The summed E-state index contributed by atoms with van der Waals surface area (Å²) in [5.74, 6) is 2.46. The first kappa shape index (κ1) is 21.2. The van der Waals surface area contributed by atoms with Gasteiger partial charge in [-0.05, 0) is 80.2 Å². The van der Waals surface area contributed by atoms with E-state index < -0.39 is 0 Å². The maximum atomic E-state index is 6.33. The number of nitrogens with one attached hydrogen (secondary N) is 2. The molecule has 0 bridgehead atoms. The highest BCUT2D eigenvalue weighted by molar-refractivity contribution is 7.80. The fourth-order valence-electron chi connectivity index (χ4n) is 2.83. The van der Waals surface area contributed by atoms with Crippen LogP contribution in [-0.2, 0) is 0 Å². The number of hydrogen-bond acceptors (Lipinski definition) is 2. The van der Waals surface area contributed by atoms with Gasteiger partial charge in [-0.1, -0.05) is 45.9 Å². The van der Waals surface area contributed by atoms with E-state index in [0.29, 0.717) is 16.9 Å². The highest BCUT2D eigenvalue weighted by Gasteiger charge is 2.19. The van der Waals surface area contributed by atoms with Gasteiger partial charge in [-0.2, -0.15) is 0 Å². The van der Waals surface area contributed by atoms with Crippen LogP contribution in [0.25, 0.3) is 0 Å². The van der Waals surface area contributed by atoms with Gasteiger partial charge in [0.15, 0.2) is 5.11 Å². The molecular formula is C23H32N2OS. The Morgan fingerprint density at radius 1 is 0.926 bits per heavy atom. The zero-order valence-corrected chi connectivity index (χ0v) is 18.3. The summed E-state index contributed by atoms with van der Waals surface area (Å²) >= 11 is 5.49. The van der Waals surface area contributed by atoms with Gasteiger partial charge in [-0.15, -0.1) is 0 Å². The van der Waals surface area contributed by atoms with E-state index in [1.165, 1.54) is 11.1 Å². The summed E-state index contributed by atoms with van der Waals surface area (Å²) in [6, 6.07) is 14.2. The molecule has 146 valence electrons. The van der Waals surface area contributed by atoms with Gasteiger partial charge in [-0.25, -0.2) is 0 Å².